The number of benzene rings is 2. The van der Waals surface area contributed by atoms with E-state index in [9.17, 15) is 10.1 Å². The summed E-state index contributed by atoms with van der Waals surface area (Å²) in [6.07, 6.45) is 0. The van der Waals surface area contributed by atoms with E-state index >= 15 is 0 Å². The minimum Gasteiger partial charge on any atom is -0.378 e. The van der Waals surface area contributed by atoms with E-state index in [1.54, 1.807) is 12.1 Å². The highest BCUT2D eigenvalue weighted by Gasteiger charge is 2.15. The Morgan fingerprint density at radius 2 is 1.68 bits per heavy atom. The van der Waals surface area contributed by atoms with Crippen LogP contribution in [0.25, 0.3) is 0 Å². The van der Waals surface area contributed by atoms with Crippen molar-refractivity contribution in [2.24, 2.45) is 10.2 Å². The minimum atomic E-state index is -0.602. The molecule has 0 radical (unpaired) electrons. The second-order valence-corrected chi connectivity index (χ2v) is 5.44. The zero-order chi connectivity index (χ0) is 16.3. The van der Waals surface area contributed by atoms with Crippen molar-refractivity contribution in [3.63, 3.8) is 0 Å². The number of nitro benzene ring substituents is 1. The lowest BCUT2D eigenvalue weighted by molar-refractivity contribution is -0.384. The zero-order valence-corrected chi connectivity index (χ0v) is 13.3. The maximum atomic E-state index is 10.8. The fraction of sp³-hybridized carbons (Fsp3) is 0.143. The molecule has 2 aromatic carbocycles. The van der Waals surface area contributed by atoms with Crippen LogP contribution in [0.1, 0.15) is 0 Å². The van der Waals surface area contributed by atoms with E-state index in [4.69, 9.17) is 23.2 Å². The molecule has 0 fully saturated rings. The van der Waals surface area contributed by atoms with Gasteiger partial charge >= 0.3 is 0 Å². The second-order valence-electron chi connectivity index (χ2n) is 4.62. The first kappa shape index (κ1) is 16.2. The molecule has 2 aromatic rings. The Bertz CT molecular complexity index is 730. The molecule has 0 aliphatic rings. The van der Waals surface area contributed by atoms with Gasteiger partial charge in [-0.3, -0.25) is 10.1 Å². The van der Waals surface area contributed by atoms with E-state index in [1.807, 2.05) is 31.1 Å². The molecule has 0 saturated heterocycles. The van der Waals surface area contributed by atoms with Gasteiger partial charge in [-0.05, 0) is 30.3 Å². The van der Waals surface area contributed by atoms with Gasteiger partial charge in [0.25, 0.3) is 5.69 Å². The van der Waals surface area contributed by atoms with E-state index in [-0.39, 0.29) is 21.4 Å². The number of hydrogen-bond donors (Lipinski definition) is 0. The number of hydrogen-bond acceptors (Lipinski definition) is 5. The Balaban J connectivity index is 2.26. The molecule has 0 aliphatic heterocycles. The van der Waals surface area contributed by atoms with Crippen molar-refractivity contribution >= 4 is 46.0 Å². The van der Waals surface area contributed by atoms with Crippen molar-refractivity contribution in [1.82, 2.24) is 0 Å². The van der Waals surface area contributed by atoms with Gasteiger partial charge in [-0.15, -0.1) is 5.11 Å². The molecular formula is C14H12Cl2N4O2. The SMILES string of the molecule is CN(C)c1ccc(/N=N/c2cc(Cl)c([N+](=O)[O-])cc2Cl)cc1. The van der Waals surface area contributed by atoms with E-state index in [0.29, 0.717) is 5.69 Å². The molecule has 0 atom stereocenters. The Morgan fingerprint density at radius 3 is 2.23 bits per heavy atom. The van der Waals surface area contributed by atoms with Crippen molar-refractivity contribution in [1.29, 1.82) is 0 Å². The molecule has 0 saturated carbocycles. The summed E-state index contributed by atoms with van der Waals surface area (Å²) >= 11 is 11.8. The molecule has 114 valence electrons. The first-order valence-corrected chi connectivity index (χ1v) is 6.96. The minimum absolute atomic E-state index is 0.0358. The van der Waals surface area contributed by atoms with Gasteiger partial charge in [-0.2, -0.15) is 5.11 Å². The Labute approximate surface area is 137 Å². The van der Waals surface area contributed by atoms with Crippen molar-refractivity contribution in [2.45, 2.75) is 0 Å². The lowest BCUT2D eigenvalue weighted by Crippen LogP contribution is -2.07. The monoisotopic (exact) mass is 338 g/mol. The molecule has 8 heteroatoms. The molecule has 22 heavy (non-hydrogen) atoms. The van der Waals surface area contributed by atoms with Gasteiger partial charge < -0.3 is 4.90 Å². The van der Waals surface area contributed by atoms with Crippen LogP contribution in [0, 0.1) is 10.1 Å². The third-order valence-corrected chi connectivity index (χ3v) is 3.46. The van der Waals surface area contributed by atoms with E-state index in [1.165, 1.54) is 6.07 Å². The van der Waals surface area contributed by atoms with Gasteiger partial charge in [0.1, 0.15) is 10.7 Å². The molecule has 0 amide bonds. The number of nitro groups is 1. The average molecular weight is 339 g/mol. The summed E-state index contributed by atoms with van der Waals surface area (Å²) in [5.41, 5.74) is 1.68. The van der Waals surface area contributed by atoms with E-state index < -0.39 is 4.92 Å². The smallest absolute Gasteiger partial charge is 0.289 e. The summed E-state index contributed by atoms with van der Waals surface area (Å²) in [7, 11) is 3.88. The van der Waals surface area contributed by atoms with Crippen molar-refractivity contribution in [3.8, 4) is 0 Å². The van der Waals surface area contributed by atoms with Gasteiger partial charge in [-0.1, -0.05) is 23.2 Å². The van der Waals surface area contributed by atoms with E-state index in [0.717, 1.165) is 11.8 Å². The summed E-state index contributed by atoms with van der Waals surface area (Å²) in [6.45, 7) is 0. The van der Waals surface area contributed by atoms with Gasteiger partial charge in [0.15, 0.2) is 0 Å². The average Bonchev–Trinajstić information content (AvgIpc) is 2.47. The molecule has 0 N–H and O–H groups in total. The Morgan fingerprint density at radius 1 is 1.05 bits per heavy atom. The summed E-state index contributed by atoms with van der Waals surface area (Å²) in [5.74, 6) is 0. The summed E-state index contributed by atoms with van der Waals surface area (Å²) in [4.78, 5) is 12.1. The van der Waals surface area contributed by atoms with Crippen LogP contribution < -0.4 is 4.90 Å². The summed E-state index contributed by atoms with van der Waals surface area (Å²) in [6, 6.07) is 9.89. The number of anilines is 1. The molecule has 2 rings (SSSR count). The second kappa shape index (κ2) is 6.72. The predicted molar refractivity (Wildman–Crippen MR) is 88.1 cm³/mol. The predicted octanol–water partition coefficient (Wildman–Crippen LogP) is 5.38. The largest absolute Gasteiger partial charge is 0.378 e. The lowest BCUT2D eigenvalue weighted by Gasteiger charge is -2.11. The molecule has 0 unspecified atom stereocenters. The summed E-state index contributed by atoms with van der Waals surface area (Å²) < 4.78 is 0. The highest BCUT2D eigenvalue weighted by molar-refractivity contribution is 6.36. The fourth-order valence-corrected chi connectivity index (χ4v) is 2.09. The van der Waals surface area contributed by atoms with Crippen LogP contribution in [0.5, 0.6) is 0 Å². The van der Waals surface area contributed by atoms with Crippen LogP contribution in [-0.2, 0) is 0 Å². The fourth-order valence-electron chi connectivity index (χ4n) is 1.67. The number of rotatable bonds is 4. The van der Waals surface area contributed by atoms with Crippen LogP contribution in [0.3, 0.4) is 0 Å². The Hall–Kier alpha value is -2.18. The van der Waals surface area contributed by atoms with Gasteiger partial charge in [0.05, 0.1) is 15.6 Å². The van der Waals surface area contributed by atoms with Crippen LogP contribution in [0.4, 0.5) is 22.7 Å². The first-order valence-electron chi connectivity index (χ1n) is 6.21. The number of azo groups is 1. The highest BCUT2D eigenvalue weighted by atomic mass is 35.5. The van der Waals surface area contributed by atoms with Crippen LogP contribution in [0.15, 0.2) is 46.6 Å². The Kier molecular flexibility index (Phi) is 4.95. The topological polar surface area (TPSA) is 71.1 Å². The number of halogens is 2. The molecular weight excluding hydrogens is 327 g/mol. The van der Waals surface area contributed by atoms with Gasteiger partial charge in [0, 0.05) is 25.8 Å². The third-order valence-electron chi connectivity index (χ3n) is 2.85. The van der Waals surface area contributed by atoms with Crippen LogP contribution in [0.2, 0.25) is 10.0 Å². The van der Waals surface area contributed by atoms with Gasteiger partial charge in [-0.25, -0.2) is 0 Å². The lowest BCUT2D eigenvalue weighted by atomic mass is 10.3. The van der Waals surface area contributed by atoms with Crippen molar-refractivity contribution < 1.29 is 4.92 Å². The molecule has 6 nitrogen and oxygen atoms in total. The van der Waals surface area contributed by atoms with Crippen LogP contribution in [-0.4, -0.2) is 19.0 Å². The summed E-state index contributed by atoms with van der Waals surface area (Å²) in [5, 5.41) is 18.9. The van der Waals surface area contributed by atoms with E-state index in [2.05, 4.69) is 10.2 Å². The first-order chi connectivity index (χ1) is 10.4. The normalized spacial score (nSPS) is 10.9. The van der Waals surface area contributed by atoms with Crippen molar-refractivity contribution in [2.75, 3.05) is 19.0 Å². The molecule has 0 aromatic heterocycles. The standard InChI is InChI=1S/C14H12Cl2N4O2/c1-19(2)10-5-3-9(4-6-10)17-18-13-7-12(16)14(20(21)22)8-11(13)15/h3-8H,1-2H3/b18-17+. The third kappa shape index (κ3) is 3.72. The quantitative estimate of drug-likeness (QED) is 0.426. The van der Waals surface area contributed by atoms with Crippen LogP contribution >= 0.6 is 23.2 Å². The molecule has 0 heterocycles. The molecule has 0 bridgehead atoms. The highest BCUT2D eigenvalue weighted by Crippen LogP contribution is 2.36. The van der Waals surface area contributed by atoms with Gasteiger partial charge in [0.2, 0.25) is 0 Å². The zero-order valence-electron chi connectivity index (χ0n) is 11.8. The number of nitrogens with zero attached hydrogens (tertiary/aromatic N) is 4. The maximum absolute atomic E-state index is 10.8. The maximum Gasteiger partial charge on any atom is 0.289 e. The van der Waals surface area contributed by atoms with Crippen molar-refractivity contribution in [3.05, 3.63) is 56.6 Å². The molecule has 0 spiro atoms. The molecule has 0 aliphatic carbocycles.